The van der Waals surface area contributed by atoms with Crippen LogP contribution in [0.25, 0.3) is 0 Å². The number of carbonyl (C=O) groups is 1. The number of carbonyl (C=O) groups excluding carboxylic acids is 1. The smallest absolute Gasteiger partial charge is 0.157 e. The zero-order valence-electron chi connectivity index (χ0n) is 11.0. The summed E-state index contributed by atoms with van der Waals surface area (Å²) in [4.78, 5) is 16.1. The van der Waals surface area contributed by atoms with Gasteiger partial charge in [-0.15, -0.1) is 0 Å². The van der Waals surface area contributed by atoms with Crippen molar-refractivity contribution in [3.63, 3.8) is 0 Å². The lowest BCUT2D eigenvalue weighted by molar-refractivity contribution is -0.120. The monoisotopic (exact) mass is 237 g/mol. The molecule has 1 aromatic heterocycles. The van der Waals surface area contributed by atoms with Crippen LogP contribution in [-0.4, -0.2) is 21.4 Å². The van der Waals surface area contributed by atoms with E-state index >= 15 is 0 Å². The molecule has 0 fully saturated rings. The Morgan fingerprint density at radius 3 is 2.82 bits per heavy atom. The summed E-state index contributed by atoms with van der Waals surface area (Å²) in [6.07, 6.45) is 5.79. The maximum Gasteiger partial charge on any atom is 0.157 e. The standard InChI is InChI=1S/C13H23N3O/c1-4-6-16-7-5-15-13(16)9-12(17)11(14)8-10(2)3/h5,7,10-11H,4,6,8-9,14H2,1-3H3. The maximum absolute atomic E-state index is 11.9. The first-order valence-corrected chi connectivity index (χ1v) is 6.32. The second-order valence-electron chi connectivity index (χ2n) is 4.92. The van der Waals surface area contributed by atoms with Crippen LogP contribution in [-0.2, 0) is 17.8 Å². The topological polar surface area (TPSA) is 60.9 Å². The van der Waals surface area contributed by atoms with Crippen molar-refractivity contribution in [3.8, 4) is 0 Å². The van der Waals surface area contributed by atoms with Gasteiger partial charge < -0.3 is 10.3 Å². The first-order valence-electron chi connectivity index (χ1n) is 6.32. The van der Waals surface area contributed by atoms with Crippen LogP contribution in [0, 0.1) is 5.92 Å². The summed E-state index contributed by atoms with van der Waals surface area (Å²) in [6.45, 7) is 7.16. The molecule has 0 aliphatic heterocycles. The first kappa shape index (κ1) is 13.9. The quantitative estimate of drug-likeness (QED) is 0.786. The van der Waals surface area contributed by atoms with E-state index in [0.29, 0.717) is 12.3 Å². The fourth-order valence-electron chi connectivity index (χ4n) is 1.88. The molecule has 0 aromatic carbocycles. The number of nitrogens with two attached hydrogens (primary N) is 1. The fourth-order valence-corrected chi connectivity index (χ4v) is 1.88. The lowest BCUT2D eigenvalue weighted by Gasteiger charge is -2.13. The SMILES string of the molecule is CCCn1ccnc1CC(=O)C(N)CC(C)C. The number of hydrogen-bond acceptors (Lipinski definition) is 3. The number of aryl methyl sites for hydroxylation is 1. The Kier molecular flexibility index (Phi) is 5.35. The number of imidazole rings is 1. The summed E-state index contributed by atoms with van der Waals surface area (Å²) in [6, 6.07) is -0.359. The van der Waals surface area contributed by atoms with Crippen LogP contribution >= 0.6 is 0 Å². The van der Waals surface area contributed by atoms with E-state index in [9.17, 15) is 4.79 Å². The summed E-state index contributed by atoms with van der Waals surface area (Å²) in [5.74, 6) is 1.36. The molecule has 2 N–H and O–H groups in total. The Hall–Kier alpha value is -1.16. The molecule has 1 rings (SSSR count). The van der Waals surface area contributed by atoms with Crippen molar-refractivity contribution in [2.75, 3.05) is 0 Å². The molecule has 0 radical (unpaired) electrons. The summed E-state index contributed by atoms with van der Waals surface area (Å²) < 4.78 is 2.03. The van der Waals surface area contributed by atoms with Crippen molar-refractivity contribution in [3.05, 3.63) is 18.2 Å². The molecule has 0 aliphatic rings. The molecular formula is C13H23N3O. The zero-order chi connectivity index (χ0) is 12.8. The third kappa shape index (κ3) is 4.30. The summed E-state index contributed by atoms with van der Waals surface area (Å²) in [7, 11) is 0. The first-order chi connectivity index (χ1) is 8.04. The van der Waals surface area contributed by atoms with Gasteiger partial charge in [0.2, 0.25) is 0 Å². The van der Waals surface area contributed by atoms with Crippen LogP contribution in [0.1, 0.15) is 39.4 Å². The molecule has 1 atom stereocenters. The average Bonchev–Trinajstić information content (AvgIpc) is 2.65. The maximum atomic E-state index is 11.9. The van der Waals surface area contributed by atoms with Crippen LogP contribution in [0.5, 0.6) is 0 Å². The zero-order valence-corrected chi connectivity index (χ0v) is 11.0. The highest BCUT2D eigenvalue weighted by atomic mass is 16.1. The van der Waals surface area contributed by atoms with Crippen molar-refractivity contribution >= 4 is 5.78 Å². The molecular weight excluding hydrogens is 214 g/mol. The number of aromatic nitrogens is 2. The predicted octanol–water partition coefficient (Wildman–Crippen LogP) is 1.78. The van der Waals surface area contributed by atoms with Crippen LogP contribution in [0.3, 0.4) is 0 Å². The van der Waals surface area contributed by atoms with Gasteiger partial charge in [-0.05, 0) is 18.8 Å². The number of Topliss-reactive ketones (excluding diaryl/α,β-unsaturated/α-hetero) is 1. The largest absolute Gasteiger partial charge is 0.335 e. The van der Waals surface area contributed by atoms with Crippen LogP contribution in [0.15, 0.2) is 12.4 Å². The third-order valence-electron chi connectivity index (χ3n) is 2.74. The van der Waals surface area contributed by atoms with Crippen molar-refractivity contribution in [1.82, 2.24) is 9.55 Å². The Balaban J connectivity index is 2.58. The second-order valence-corrected chi connectivity index (χ2v) is 4.92. The Bertz CT molecular complexity index is 357. The normalized spacial score (nSPS) is 13.0. The molecule has 0 amide bonds. The van der Waals surface area contributed by atoms with E-state index in [1.54, 1.807) is 6.20 Å². The molecule has 1 unspecified atom stereocenters. The number of ketones is 1. The summed E-state index contributed by atoms with van der Waals surface area (Å²) >= 11 is 0. The van der Waals surface area contributed by atoms with Gasteiger partial charge in [0.15, 0.2) is 5.78 Å². The molecule has 0 saturated carbocycles. The lowest BCUT2D eigenvalue weighted by Crippen LogP contribution is -2.33. The van der Waals surface area contributed by atoms with Gasteiger partial charge in [-0.1, -0.05) is 20.8 Å². The molecule has 4 heteroatoms. The Morgan fingerprint density at radius 2 is 2.24 bits per heavy atom. The minimum absolute atomic E-state index is 0.0854. The van der Waals surface area contributed by atoms with Crippen molar-refractivity contribution in [1.29, 1.82) is 0 Å². The van der Waals surface area contributed by atoms with E-state index in [4.69, 9.17) is 5.73 Å². The van der Waals surface area contributed by atoms with E-state index in [1.807, 2.05) is 10.8 Å². The van der Waals surface area contributed by atoms with E-state index in [0.717, 1.165) is 25.2 Å². The number of nitrogens with zero attached hydrogens (tertiary/aromatic N) is 2. The van der Waals surface area contributed by atoms with Crippen LogP contribution < -0.4 is 5.73 Å². The van der Waals surface area contributed by atoms with Gasteiger partial charge in [-0.25, -0.2) is 4.98 Å². The minimum Gasteiger partial charge on any atom is -0.335 e. The third-order valence-corrected chi connectivity index (χ3v) is 2.74. The van der Waals surface area contributed by atoms with E-state index in [2.05, 4.69) is 25.8 Å². The highest BCUT2D eigenvalue weighted by molar-refractivity contribution is 5.85. The van der Waals surface area contributed by atoms with Gasteiger partial charge in [0.25, 0.3) is 0 Å². The minimum atomic E-state index is -0.359. The molecule has 96 valence electrons. The van der Waals surface area contributed by atoms with E-state index in [1.165, 1.54) is 0 Å². The van der Waals surface area contributed by atoms with Gasteiger partial charge >= 0.3 is 0 Å². The predicted molar refractivity (Wildman–Crippen MR) is 68.7 cm³/mol. The fraction of sp³-hybridized carbons (Fsp3) is 0.692. The number of hydrogen-bond donors (Lipinski definition) is 1. The molecule has 0 saturated heterocycles. The molecule has 1 heterocycles. The van der Waals surface area contributed by atoms with Crippen molar-refractivity contribution < 1.29 is 4.79 Å². The highest BCUT2D eigenvalue weighted by Crippen LogP contribution is 2.07. The molecule has 1 aromatic rings. The van der Waals surface area contributed by atoms with Gasteiger partial charge in [0.05, 0.1) is 12.5 Å². The highest BCUT2D eigenvalue weighted by Gasteiger charge is 2.17. The molecule has 0 aliphatic carbocycles. The average molecular weight is 237 g/mol. The number of rotatable bonds is 7. The Morgan fingerprint density at radius 1 is 1.53 bits per heavy atom. The Labute approximate surface area is 103 Å². The van der Waals surface area contributed by atoms with Crippen molar-refractivity contribution in [2.24, 2.45) is 11.7 Å². The van der Waals surface area contributed by atoms with Gasteiger partial charge in [-0.3, -0.25) is 4.79 Å². The second kappa shape index (κ2) is 6.55. The van der Waals surface area contributed by atoms with E-state index < -0.39 is 0 Å². The van der Waals surface area contributed by atoms with Gasteiger partial charge in [0, 0.05) is 18.9 Å². The van der Waals surface area contributed by atoms with Crippen LogP contribution in [0.2, 0.25) is 0 Å². The summed E-state index contributed by atoms with van der Waals surface area (Å²) in [5, 5.41) is 0. The van der Waals surface area contributed by atoms with Gasteiger partial charge in [0.1, 0.15) is 5.82 Å². The molecule has 4 nitrogen and oxygen atoms in total. The summed E-state index contributed by atoms with van der Waals surface area (Å²) in [5.41, 5.74) is 5.87. The van der Waals surface area contributed by atoms with Crippen molar-refractivity contribution in [2.45, 2.75) is 52.6 Å². The molecule has 0 bridgehead atoms. The lowest BCUT2D eigenvalue weighted by atomic mass is 9.99. The molecule has 0 spiro atoms. The molecule has 17 heavy (non-hydrogen) atoms. The van der Waals surface area contributed by atoms with Crippen LogP contribution in [0.4, 0.5) is 0 Å². The van der Waals surface area contributed by atoms with E-state index in [-0.39, 0.29) is 11.8 Å². The van der Waals surface area contributed by atoms with Gasteiger partial charge in [-0.2, -0.15) is 0 Å².